The summed E-state index contributed by atoms with van der Waals surface area (Å²) in [5, 5.41) is 0. The van der Waals surface area contributed by atoms with Gasteiger partial charge in [0.15, 0.2) is 0 Å². The Labute approximate surface area is 163 Å². The Morgan fingerprint density at radius 2 is 1.85 bits per heavy atom. The maximum absolute atomic E-state index is 11.9. The number of nitrogens with zero attached hydrogens (tertiary/aromatic N) is 2. The summed E-state index contributed by atoms with van der Waals surface area (Å²) in [5.41, 5.74) is 0.703. The monoisotopic (exact) mass is 374 g/mol. The van der Waals surface area contributed by atoms with E-state index in [0.717, 1.165) is 37.7 Å². The van der Waals surface area contributed by atoms with Crippen molar-refractivity contribution in [1.82, 2.24) is 4.90 Å². The van der Waals surface area contributed by atoms with Crippen LogP contribution in [-0.2, 0) is 9.47 Å². The van der Waals surface area contributed by atoms with Crippen LogP contribution in [0, 0.1) is 0 Å². The highest BCUT2D eigenvalue weighted by molar-refractivity contribution is 5.79. The Kier molecular flexibility index (Phi) is 8.29. The van der Waals surface area contributed by atoms with E-state index >= 15 is 0 Å². The molecule has 0 aromatic heterocycles. The second-order valence-electron chi connectivity index (χ2n) is 8.25. The van der Waals surface area contributed by atoms with Gasteiger partial charge in [0.05, 0.1) is 12.1 Å². The molecule has 1 aliphatic carbocycles. The Morgan fingerprint density at radius 3 is 2.48 bits per heavy atom. The van der Waals surface area contributed by atoms with Gasteiger partial charge in [0.25, 0.3) is 0 Å². The van der Waals surface area contributed by atoms with Gasteiger partial charge in [0.2, 0.25) is 0 Å². The van der Waals surface area contributed by atoms with Crippen LogP contribution in [0.5, 0.6) is 0 Å². The molecule has 150 valence electrons. The van der Waals surface area contributed by atoms with Gasteiger partial charge in [0, 0.05) is 26.4 Å². The fraction of sp³-hybridized carbons (Fsp3) is 0.636. The van der Waals surface area contributed by atoms with E-state index in [-0.39, 0.29) is 6.09 Å². The summed E-state index contributed by atoms with van der Waals surface area (Å²) >= 11 is 0. The zero-order chi connectivity index (χ0) is 19.7. The van der Waals surface area contributed by atoms with E-state index in [4.69, 9.17) is 14.5 Å². The highest BCUT2D eigenvalue weighted by atomic mass is 16.6. The van der Waals surface area contributed by atoms with E-state index in [1.165, 1.54) is 0 Å². The van der Waals surface area contributed by atoms with Gasteiger partial charge < -0.3 is 14.4 Å². The Hall–Kier alpha value is -1.88. The highest BCUT2D eigenvalue weighted by Gasteiger charge is 2.21. The molecule has 0 atom stereocenters. The van der Waals surface area contributed by atoms with Crippen molar-refractivity contribution in [2.75, 3.05) is 20.2 Å². The topological polar surface area (TPSA) is 51.1 Å². The lowest BCUT2D eigenvalue weighted by atomic mass is 9.93. The Morgan fingerprint density at radius 1 is 1.19 bits per heavy atom. The van der Waals surface area contributed by atoms with Crippen LogP contribution in [0.3, 0.4) is 0 Å². The molecule has 0 radical (unpaired) electrons. The SMILES string of the molecule is CN(CCCOC1CCC(/N=C/c2ccccc2)CC1)C(=O)OC(C)(C)C. The van der Waals surface area contributed by atoms with Crippen molar-refractivity contribution in [2.24, 2.45) is 4.99 Å². The van der Waals surface area contributed by atoms with Gasteiger partial charge in [-0.05, 0) is 58.4 Å². The molecule has 1 fully saturated rings. The number of aliphatic imine (C=N–C) groups is 1. The van der Waals surface area contributed by atoms with Crippen molar-refractivity contribution in [1.29, 1.82) is 0 Å². The van der Waals surface area contributed by atoms with Gasteiger partial charge in [-0.25, -0.2) is 4.79 Å². The summed E-state index contributed by atoms with van der Waals surface area (Å²) in [4.78, 5) is 18.2. The molecular weight excluding hydrogens is 340 g/mol. The molecule has 1 amide bonds. The largest absolute Gasteiger partial charge is 0.444 e. The smallest absolute Gasteiger partial charge is 0.410 e. The third kappa shape index (κ3) is 8.57. The van der Waals surface area contributed by atoms with Crippen molar-refractivity contribution >= 4 is 12.3 Å². The molecule has 27 heavy (non-hydrogen) atoms. The van der Waals surface area contributed by atoms with Crippen molar-refractivity contribution in [3.8, 4) is 0 Å². The Balaban J connectivity index is 1.58. The average molecular weight is 375 g/mol. The molecule has 0 N–H and O–H groups in total. The van der Waals surface area contributed by atoms with Crippen LogP contribution in [0.15, 0.2) is 35.3 Å². The van der Waals surface area contributed by atoms with Gasteiger partial charge in [-0.3, -0.25) is 4.99 Å². The minimum absolute atomic E-state index is 0.278. The van der Waals surface area contributed by atoms with Crippen LogP contribution in [-0.4, -0.2) is 55.2 Å². The highest BCUT2D eigenvalue weighted by Crippen LogP contribution is 2.23. The van der Waals surface area contributed by atoms with E-state index in [0.29, 0.717) is 25.3 Å². The number of hydrogen-bond acceptors (Lipinski definition) is 4. The molecule has 1 aromatic rings. The molecule has 5 heteroatoms. The first-order valence-corrected chi connectivity index (χ1v) is 9.97. The van der Waals surface area contributed by atoms with Gasteiger partial charge in [0.1, 0.15) is 5.60 Å². The summed E-state index contributed by atoms with van der Waals surface area (Å²) in [5.74, 6) is 0. The summed E-state index contributed by atoms with van der Waals surface area (Å²) in [6.45, 7) is 6.95. The predicted molar refractivity (Wildman–Crippen MR) is 110 cm³/mol. The first kappa shape index (κ1) is 21.4. The van der Waals surface area contributed by atoms with Gasteiger partial charge in [-0.15, -0.1) is 0 Å². The van der Waals surface area contributed by atoms with Crippen molar-refractivity contribution in [3.63, 3.8) is 0 Å². The summed E-state index contributed by atoms with van der Waals surface area (Å²) in [6, 6.07) is 10.6. The van der Waals surface area contributed by atoms with Gasteiger partial charge >= 0.3 is 6.09 Å². The zero-order valence-corrected chi connectivity index (χ0v) is 17.2. The van der Waals surface area contributed by atoms with E-state index < -0.39 is 5.60 Å². The van der Waals surface area contributed by atoms with Crippen LogP contribution < -0.4 is 0 Å². The third-order valence-corrected chi connectivity index (χ3v) is 4.57. The van der Waals surface area contributed by atoms with Crippen LogP contribution in [0.25, 0.3) is 0 Å². The van der Waals surface area contributed by atoms with Gasteiger partial charge in [-0.1, -0.05) is 30.3 Å². The number of ether oxygens (including phenoxy) is 2. The molecule has 0 bridgehead atoms. The van der Waals surface area contributed by atoms with E-state index in [1.807, 2.05) is 45.2 Å². The standard InChI is InChI=1S/C22H34N2O3/c1-22(2,3)27-21(25)24(4)15-8-16-26-20-13-11-19(12-14-20)23-17-18-9-6-5-7-10-18/h5-7,9-10,17,19-20H,8,11-16H2,1-4H3/b23-17+. The molecule has 0 aliphatic heterocycles. The lowest BCUT2D eigenvalue weighted by Gasteiger charge is -2.27. The van der Waals surface area contributed by atoms with E-state index in [9.17, 15) is 4.79 Å². The van der Waals surface area contributed by atoms with Crippen molar-refractivity contribution in [3.05, 3.63) is 35.9 Å². The first-order valence-electron chi connectivity index (χ1n) is 9.97. The number of rotatable bonds is 7. The van der Waals surface area contributed by atoms with E-state index in [1.54, 1.807) is 11.9 Å². The number of hydrogen-bond donors (Lipinski definition) is 0. The molecule has 0 saturated heterocycles. The van der Waals surface area contributed by atoms with Crippen LogP contribution in [0.2, 0.25) is 0 Å². The second-order valence-corrected chi connectivity index (χ2v) is 8.25. The minimum atomic E-state index is -0.455. The van der Waals surface area contributed by atoms with Crippen molar-refractivity contribution < 1.29 is 14.3 Å². The molecule has 1 aliphatic rings. The number of benzene rings is 1. The molecule has 1 aromatic carbocycles. The molecule has 1 saturated carbocycles. The van der Waals surface area contributed by atoms with Crippen LogP contribution in [0.1, 0.15) is 58.4 Å². The quantitative estimate of drug-likeness (QED) is 0.514. The van der Waals surface area contributed by atoms with Crippen LogP contribution in [0.4, 0.5) is 4.79 Å². The molecule has 5 nitrogen and oxygen atoms in total. The fourth-order valence-electron chi connectivity index (χ4n) is 3.07. The maximum atomic E-state index is 11.9. The Bertz CT molecular complexity index is 587. The molecule has 0 spiro atoms. The normalized spacial score (nSPS) is 20.6. The fourth-order valence-corrected chi connectivity index (χ4v) is 3.07. The summed E-state index contributed by atoms with van der Waals surface area (Å²) in [7, 11) is 1.77. The molecule has 0 heterocycles. The van der Waals surface area contributed by atoms with E-state index in [2.05, 4.69) is 12.1 Å². The summed E-state index contributed by atoms with van der Waals surface area (Å²) in [6.07, 6.45) is 7.11. The second kappa shape index (κ2) is 10.5. The molecule has 0 unspecified atom stereocenters. The maximum Gasteiger partial charge on any atom is 0.410 e. The molecular formula is C22H34N2O3. The zero-order valence-electron chi connectivity index (χ0n) is 17.2. The van der Waals surface area contributed by atoms with Gasteiger partial charge in [-0.2, -0.15) is 0 Å². The first-order chi connectivity index (χ1) is 12.8. The van der Waals surface area contributed by atoms with Crippen LogP contribution >= 0.6 is 0 Å². The number of carbonyl (C=O) groups excluding carboxylic acids is 1. The third-order valence-electron chi connectivity index (χ3n) is 4.57. The van der Waals surface area contributed by atoms with Crippen molar-refractivity contribution in [2.45, 2.75) is 70.6 Å². The lowest BCUT2D eigenvalue weighted by Crippen LogP contribution is -2.35. The number of amides is 1. The number of carbonyl (C=O) groups is 1. The summed E-state index contributed by atoms with van der Waals surface area (Å²) < 4.78 is 11.3. The lowest BCUT2D eigenvalue weighted by molar-refractivity contribution is 0.0138. The average Bonchev–Trinajstić information content (AvgIpc) is 2.64. The molecule has 2 rings (SSSR count). The predicted octanol–water partition coefficient (Wildman–Crippen LogP) is 4.69. The minimum Gasteiger partial charge on any atom is -0.444 e.